The summed E-state index contributed by atoms with van der Waals surface area (Å²) in [7, 11) is 0. The van der Waals surface area contributed by atoms with E-state index >= 15 is 0 Å². The van der Waals surface area contributed by atoms with E-state index in [2.05, 4.69) is 5.32 Å². The number of aliphatic carboxylic acids is 1. The molecule has 124 valence electrons. The number of ether oxygens (including phenoxy) is 1. The molecule has 0 radical (unpaired) electrons. The highest BCUT2D eigenvalue weighted by molar-refractivity contribution is 5.83. The topological polar surface area (TPSA) is 92.7 Å². The lowest BCUT2D eigenvalue weighted by Crippen LogP contribution is -2.25. The Morgan fingerprint density at radius 2 is 1.59 bits per heavy atom. The van der Waals surface area contributed by atoms with Gasteiger partial charge < -0.3 is 15.2 Å². The molecule has 0 spiro atoms. The molecule has 0 atom stereocenters. The van der Waals surface area contributed by atoms with Gasteiger partial charge in [-0.05, 0) is 26.0 Å². The third kappa shape index (κ3) is 15.7. The van der Waals surface area contributed by atoms with Crippen LogP contribution in [0.4, 0.5) is 0 Å². The highest BCUT2D eigenvalue weighted by atomic mass is 16.5. The predicted octanol–water partition coefficient (Wildman–Crippen LogP) is 2.20. The smallest absolute Gasteiger partial charge is 0.341 e. The Bertz CT molecular complexity index is 440. The van der Waals surface area contributed by atoms with Gasteiger partial charge in [-0.1, -0.05) is 31.5 Å². The largest absolute Gasteiger partial charge is 0.482 e. The second kappa shape index (κ2) is 13.6. The fourth-order valence-electron chi connectivity index (χ4n) is 1.03. The van der Waals surface area contributed by atoms with Crippen molar-refractivity contribution in [1.29, 1.82) is 0 Å². The van der Waals surface area contributed by atoms with E-state index in [4.69, 9.17) is 9.84 Å². The average Bonchev–Trinajstić information content (AvgIpc) is 2.47. The van der Waals surface area contributed by atoms with Crippen LogP contribution in [0.2, 0.25) is 0 Å². The maximum absolute atomic E-state index is 10.1. The molecule has 1 aromatic rings. The molecule has 6 nitrogen and oxygen atoms in total. The number of benzene rings is 1. The van der Waals surface area contributed by atoms with Gasteiger partial charge in [0.05, 0.1) is 6.54 Å². The first-order valence-corrected chi connectivity index (χ1v) is 6.96. The van der Waals surface area contributed by atoms with Gasteiger partial charge in [-0.25, -0.2) is 4.79 Å². The molecule has 0 saturated carbocycles. The summed E-state index contributed by atoms with van der Waals surface area (Å²) in [5.41, 5.74) is 1.12. The number of carboxylic acid groups (broad SMARTS) is 1. The van der Waals surface area contributed by atoms with Crippen molar-refractivity contribution in [1.82, 2.24) is 5.32 Å². The van der Waals surface area contributed by atoms with Crippen molar-refractivity contribution >= 4 is 17.7 Å². The summed E-state index contributed by atoms with van der Waals surface area (Å²) >= 11 is 0. The Balaban J connectivity index is 0. The molecule has 0 aromatic heterocycles. The molecule has 0 aliphatic carbocycles. The monoisotopic (exact) mass is 311 g/mol. The Labute approximate surface area is 131 Å². The quantitative estimate of drug-likeness (QED) is 0.869. The predicted molar refractivity (Wildman–Crippen MR) is 85.0 cm³/mol. The zero-order valence-electron chi connectivity index (χ0n) is 13.8. The lowest BCUT2D eigenvalue weighted by Gasteiger charge is -2.01. The minimum Gasteiger partial charge on any atom is -0.482 e. The van der Waals surface area contributed by atoms with E-state index < -0.39 is 5.97 Å². The van der Waals surface area contributed by atoms with Crippen molar-refractivity contribution in [3.63, 3.8) is 0 Å². The summed E-state index contributed by atoms with van der Waals surface area (Å²) in [5.74, 6) is -0.570. The molecule has 6 heteroatoms. The number of carbonyl (C=O) groups excluding carboxylic acids is 2. The second-order valence-electron chi connectivity index (χ2n) is 4.11. The molecule has 0 saturated heterocycles. The van der Waals surface area contributed by atoms with Crippen LogP contribution in [0.3, 0.4) is 0 Å². The Morgan fingerprint density at radius 3 is 1.91 bits per heavy atom. The van der Waals surface area contributed by atoms with Gasteiger partial charge in [0.15, 0.2) is 6.61 Å². The second-order valence-corrected chi connectivity index (χ2v) is 4.11. The van der Waals surface area contributed by atoms with Gasteiger partial charge in [-0.3, -0.25) is 9.59 Å². The number of hydrogen-bond donors (Lipinski definition) is 2. The number of Topliss-reactive ketones (excluding diaryl/α,β-unsaturated/α-hetero) is 1. The molecule has 0 aliphatic rings. The molecular weight excluding hydrogens is 286 g/mol. The molecule has 0 heterocycles. The van der Waals surface area contributed by atoms with E-state index in [9.17, 15) is 14.4 Å². The first-order chi connectivity index (χ1) is 10.3. The number of amides is 1. The van der Waals surface area contributed by atoms with E-state index in [1.54, 1.807) is 12.1 Å². The van der Waals surface area contributed by atoms with Crippen LogP contribution >= 0.6 is 0 Å². The Hall–Kier alpha value is -2.37. The fraction of sp³-hybridized carbons (Fsp3) is 0.438. The molecule has 2 N–H and O–H groups in total. The van der Waals surface area contributed by atoms with E-state index in [0.29, 0.717) is 5.75 Å². The molecular formula is C16H25NO5. The number of rotatable bonds is 5. The zero-order chi connectivity index (χ0) is 17.5. The van der Waals surface area contributed by atoms with E-state index in [0.717, 1.165) is 5.56 Å². The Kier molecular flexibility index (Phi) is 13.6. The maximum Gasteiger partial charge on any atom is 0.341 e. The number of carbonyl (C=O) groups is 3. The summed E-state index contributed by atoms with van der Waals surface area (Å²) in [5, 5.41) is 10.7. The third-order valence-electron chi connectivity index (χ3n) is 1.97. The number of carboxylic acids is 1. The van der Waals surface area contributed by atoms with Crippen molar-refractivity contribution in [2.45, 2.75) is 34.6 Å². The number of aryl methyl sites for hydroxylation is 1. The molecule has 1 amide bonds. The van der Waals surface area contributed by atoms with Crippen molar-refractivity contribution in [3.8, 4) is 5.75 Å². The minimum absolute atomic E-state index is 0.0276. The minimum atomic E-state index is -0.962. The summed E-state index contributed by atoms with van der Waals surface area (Å²) < 4.78 is 4.92. The van der Waals surface area contributed by atoms with Gasteiger partial charge >= 0.3 is 5.97 Å². The first-order valence-electron chi connectivity index (χ1n) is 6.96. The SMILES string of the molecule is CC.CC(=O)CNC(C)=O.Cc1ccc(OCC(=O)O)cc1. The standard InChI is InChI=1S/C9H10O3.C5H9NO2.C2H6/c1-7-2-4-8(5-3-7)12-6-9(10)11;1-4(7)3-6-5(2)8;1-2/h2-5H,6H2,1H3,(H,10,11);3H2,1-2H3,(H,6,8);1-2H3. The van der Waals surface area contributed by atoms with E-state index in [-0.39, 0.29) is 24.8 Å². The van der Waals surface area contributed by atoms with Crippen LogP contribution in [-0.2, 0) is 14.4 Å². The first kappa shape index (κ1) is 21.9. The molecule has 0 bridgehead atoms. The Morgan fingerprint density at radius 1 is 1.09 bits per heavy atom. The molecule has 0 unspecified atom stereocenters. The zero-order valence-corrected chi connectivity index (χ0v) is 13.8. The van der Waals surface area contributed by atoms with E-state index in [1.165, 1.54) is 13.8 Å². The molecule has 22 heavy (non-hydrogen) atoms. The summed E-state index contributed by atoms with van der Waals surface area (Å²) in [6.45, 7) is 8.62. The van der Waals surface area contributed by atoms with Crippen LogP contribution < -0.4 is 10.1 Å². The van der Waals surface area contributed by atoms with Crippen LogP contribution in [0.15, 0.2) is 24.3 Å². The molecule has 1 rings (SSSR count). The van der Waals surface area contributed by atoms with Crippen molar-refractivity contribution in [3.05, 3.63) is 29.8 Å². The molecule has 1 aromatic carbocycles. The van der Waals surface area contributed by atoms with Crippen LogP contribution in [0.5, 0.6) is 5.75 Å². The molecule has 0 aliphatic heterocycles. The van der Waals surface area contributed by atoms with Gasteiger partial charge in [0.2, 0.25) is 5.91 Å². The van der Waals surface area contributed by atoms with Crippen LogP contribution in [0.1, 0.15) is 33.3 Å². The number of nitrogens with one attached hydrogen (secondary N) is 1. The van der Waals surface area contributed by atoms with Crippen molar-refractivity contribution in [2.24, 2.45) is 0 Å². The van der Waals surface area contributed by atoms with Gasteiger partial charge in [-0.2, -0.15) is 0 Å². The molecule has 0 fully saturated rings. The summed E-state index contributed by atoms with van der Waals surface area (Å²) in [6, 6.07) is 7.24. The normalized spacial score (nSPS) is 8.41. The average molecular weight is 311 g/mol. The number of hydrogen-bond acceptors (Lipinski definition) is 4. The highest BCUT2D eigenvalue weighted by Crippen LogP contribution is 2.10. The number of ketones is 1. The van der Waals surface area contributed by atoms with Gasteiger partial charge in [0.25, 0.3) is 0 Å². The van der Waals surface area contributed by atoms with Crippen LogP contribution in [0.25, 0.3) is 0 Å². The fourth-order valence-corrected chi connectivity index (χ4v) is 1.03. The van der Waals surface area contributed by atoms with Crippen molar-refractivity contribution in [2.75, 3.05) is 13.2 Å². The lowest BCUT2D eigenvalue weighted by atomic mass is 10.2. The summed E-state index contributed by atoms with van der Waals surface area (Å²) in [4.78, 5) is 30.3. The maximum atomic E-state index is 10.1. The lowest BCUT2D eigenvalue weighted by molar-refractivity contribution is -0.139. The van der Waals surface area contributed by atoms with E-state index in [1.807, 2.05) is 32.9 Å². The van der Waals surface area contributed by atoms with Crippen LogP contribution in [-0.4, -0.2) is 35.9 Å². The van der Waals surface area contributed by atoms with Gasteiger partial charge in [0.1, 0.15) is 11.5 Å². The highest BCUT2D eigenvalue weighted by Gasteiger charge is 1.97. The van der Waals surface area contributed by atoms with Crippen LogP contribution in [0, 0.1) is 6.92 Å². The van der Waals surface area contributed by atoms with Gasteiger partial charge in [-0.15, -0.1) is 0 Å². The van der Waals surface area contributed by atoms with Gasteiger partial charge in [0, 0.05) is 6.92 Å². The third-order valence-corrected chi connectivity index (χ3v) is 1.97. The van der Waals surface area contributed by atoms with Crippen molar-refractivity contribution < 1.29 is 24.2 Å². The summed E-state index contributed by atoms with van der Waals surface area (Å²) in [6.07, 6.45) is 0.